The number of benzene rings is 2. The minimum atomic E-state index is -5.08. The second kappa shape index (κ2) is 11.1. The highest BCUT2D eigenvalue weighted by Gasteiger charge is 2.49. The molecule has 5 heterocycles. The van der Waals surface area contributed by atoms with Crippen molar-refractivity contribution in [3.8, 4) is 23.2 Å². The molecule has 8 nitrogen and oxygen atoms in total. The minimum absolute atomic E-state index is 0.000151. The van der Waals surface area contributed by atoms with E-state index in [-0.39, 0.29) is 76.1 Å². The molecule has 2 aromatic carbocycles. The van der Waals surface area contributed by atoms with Crippen LogP contribution in [0.3, 0.4) is 0 Å². The predicted octanol–water partition coefficient (Wildman–Crippen LogP) is 6.18. The summed E-state index contributed by atoms with van der Waals surface area (Å²) in [6.45, 7) is 1.44. The van der Waals surface area contributed by atoms with Crippen LogP contribution in [0.4, 0.5) is 37.2 Å². The van der Waals surface area contributed by atoms with Gasteiger partial charge in [-0.25, -0.2) is 13.2 Å². The number of nitriles is 1. The third-order valence-corrected chi connectivity index (χ3v) is 10.4. The average Bonchev–Trinajstić information content (AvgIpc) is 3.65. The van der Waals surface area contributed by atoms with Gasteiger partial charge in [-0.2, -0.15) is 28.4 Å². The number of thiophene rings is 1. The van der Waals surface area contributed by atoms with Crippen LogP contribution in [-0.4, -0.2) is 70.6 Å². The summed E-state index contributed by atoms with van der Waals surface area (Å²) in [6, 6.07) is 4.19. The summed E-state index contributed by atoms with van der Waals surface area (Å²) >= 11 is 0.684. The number of rotatable bonds is 5. The molecule has 15 heteroatoms. The third kappa shape index (κ3) is 4.98. The molecule has 46 heavy (non-hydrogen) atoms. The number of hydrogen-bond donors (Lipinski definition) is 2. The summed E-state index contributed by atoms with van der Waals surface area (Å²) in [7, 11) is 0. The molecule has 0 bridgehead atoms. The lowest BCUT2D eigenvalue weighted by Crippen LogP contribution is -2.43. The van der Waals surface area contributed by atoms with Crippen molar-refractivity contribution < 1.29 is 36.2 Å². The number of aliphatic hydroxyl groups is 1. The van der Waals surface area contributed by atoms with Crippen LogP contribution in [0, 0.1) is 23.0 Å². The summed E-state index contributed by atoms with van der Waals surface area (Å²) in [6.07, 6.45) is -4.32. The van der Waals surface area contributed by atoms with Crippen molar-refractivity contribution in [1.29, 1.82) is 5.26 Å². The molecule has 0 spiro atoms. The molecule has 4 aromatic rings. The lowest BCUT2D eigenvalue weighted by molar-refractivity contribution is -0.137. The van der Waals surface area contributed by atoms with E-state index in [2.05, 4.69) is 9.97 Å². The van der Waals surface area contributed by atoms with E-state index in [1.165, 1.54) is 0 Å². The average molecular weight is 663 g/mol. The molecule has 3 fully saturated rings. The van der Waals surface area contributed by atoms with Gasteiger partial charge in [-0.3, -0.25) is 4.90 Å². The smallest absolute Gasteiger partial charge is 0.417 e. The normalized spacial score (nSPS) is 22.6. The first-order chi connectivity index (χ1) is 21.9. The van der Waals surface area contributed by atoms with Crippen LogP contribution in [0.1, 0.15) is 43.2 Å². The molecule has 0 aliphatic carbocycles. The van der Waals surface area contributed by atoms with E-state index in [0.29, 0.717) is 37.1 Å². The number of ether oxygens (including phenoxy) is 1. The Morgan fingerprint density at radius 2 is 1.93 bits per heavy atom. The first-order valence-corrected chi connectivity index (χ1v) is 15.7. The SMILES string of the molecule is N#Cc1c(N)sc2c(F)ccc(-c3c(C(F)(F)F)cc4c(N5CCC(O)CC5)nc(OC[C@@]56CCCN5C[C@H](F)C6)nc4c3F)c12. The molecule has 0 unspecified atom stereocenters. The van der Waals surface area contributed by atoms with Gasteiger partial charge in [-0.05, 0) is 49.9 Å². The van der Waals surface area contributed by atoms with Crippen molar-refractivity contribution in [2.24, 2.45) is 0 Å². The van der Waals surface area contributed by atoms with Crippen molar-refractivity contribution in [2.45, 2.75) is 56.1 Å². The quantitative estimate of drug-likeness (QED) is 0.244. The minimum Gasteiger partial charge on any atom is -0.461 e. The van der Waals surface area contributed by atoms with Gasteiger partial charge in [-0.1, -0.05) is 6.07 Å². The molecule has 2 atom stereocenters. The number of piperidine rings is 1. The van der Waals surface area contributed by atoms with E-state index in [1.807, 2.05) is 11.0 Å². The number of nitrogens with zero attached hydrogens (tertiary/aromatic N) is 5. The van der Waals surface area contributed by atoms with Gasteiger partial charge >= 0.3 is 12.2 Å². The molecule has 2 aromatic heterocycles. The molecule has 7 rings (SSSR count). The van der Waals surface area contributed by atoms with Gasteiger partial charge in [0.05, 0.1) is 27.5 Å². The molecular formula is C31H28F6N6O2S. The Labute approximate surface area is 263 Å². The lowest BCUT2D eigenvalue weighted by Gasteiger charge is -2.32. The van der Waals surface area contributed by atoms with Gasteiger partial charge in [-0.15, -0.1) is 11.3 Å². The molecule has 0 radical (unpaired) electrons. The van der Waals surface area contributed by atoms with E-state index in [1.54, 1.807) is 4.90 Å². The fourth-order valence-electron chi connectivity index (χ4n) is 7.22. The number of hydrogen-bond acceptors (Lipinski definition) is 9. The monoisotopic (exact) mass is 662 g/mol. The van der Waals surface area contributed by atoms with Crippen molar-refractivity contribution in [3.63, 3.8) is 0 Å². The van der Waals surface area contributed by atoms with Crippen molar-refractivity contribution >= 4 is 43.1 Å². The van der Waals surface area contributed by atoms with Crippen LogP contribution in [0.2, 0.25) is 0 Å². The fourth-order valence-corrected chi connectivity index (χ4v) is 8.17. The Morgan fingerprint density at radius 1 is 1.17 bits per heavy atom. The Hall–Kier alpha value is -3.87. The van der Waals surface area contributed by atoms with E-state index in [4.69, 9.17) is 10.5 Å². The van der Waals surface area contributed by atoms with Crippen LogP contribution >= 0.6 is 11.3 Å². The summed E-state index contributed by atoms with van der Waals surface area (Å²) in [5.74, 6) is -2.18. The number of alkyl halides is 4. The van der Waals surface area contributed by atoms with Gasteiger partial charge in [0.2, 0.25) is 0 Å². The topological polar surface area (TPSA) is 112 Å². The highest BCUT2D eigenvalue weighted by Crippen LogP contribution is 2.48. The van der Waals surface area contributed by atoms with Crippen LogP contribution in [0.25, 0.3) is 32.1 Å². The van der Waals surface area contributed by atoms with E-state index in [0.717, 1.165) is 24.6 Å². The molecule has 0 amide bonds. The summed E-state index contributed by atoms with van der Waals surface area (Å²) in [5.41, 5.74) is 1.95. The van der Waals surface area contributed by atoms with Gasteiger partial charge < -0.3 is 20.5 Å². The Bertz CT molecular complexity index is 1900. The molecule has 242 valence electrons. The standard InChI is InChI=1S/C31H28F6N6O2S/c32-15-11-30(6-1-7-43(30)13-15)14-45-29-40-25-18(28(41-29)42-8-4-16(44)5-9-42)10-20(31(35,36)37)23(24(25)34)17-2-3-21(33)26-22(17)19(12-38)27(39)46-26/h2-3,10,15-16,44H,1,4-9,11,13-14,39H2/t15-,30+/m1/s1. The van der Waals surface area contributed by atoms with Gasteiger partial charge in [0.25, 0.3) is 0 Å². The number of aromatic nitrogens is 2. The van der Waals surface area contributed by atoms with Crippen molar-refractivity contribution in [1.82, 2.24) is 14.9 Å². The second-order valence-corrected chi connectivity index (χ2v) is 13.2. The lowest BCUT2D eigenvalue weighted by atomic mass is 9.92. The van der Waals surface area contributed by atoms with E-state index in [9.17, 15) is 32.3 Å². The first-order valence-electron chi connectivity index (χ1n) is 14.9. The molecule has 3 aliphatic heterocycles. The highest BCUT2D eigenvalue weighted by molar-refractivity contribution is 7.23. The van der Waals surface area contributed by atoms with Gasteiger partial charge in [0.1, 0.15) is 41.0 Å². The molecule has 3 aliphatic rings. The fraction of sp³-hybridized carbons (Fsp3) is 0.452. The van der Waals surface area contributed by atoms with E-state index >= 15 is 4.39 Å². The summed E-state index contributed by atoms with van der Waals surface area (Å²) in [4.78, 5) is 12.4. The summed E-state index contributed by atoms with van der Waals surface area (Å²) < 4.78 is 96.3. The van der Waals surface area contributed by atoms with Crippen molar-refractivity contribution in [3.05, 3.63) is 41.0 Å². The zero-order valence-corrected chi connectivity index (χ0v) is 25.1. The third-order valence-electron chi connectivity index (χ3n) is 9.39. The first kappa shape index (κ1) is 30.8. The summed E-state index contributed by atoms with van der Waals surface area (Å²) in [5, 5.41) is 19.3. The number of nitrogens with two attached hydrogens (primary N) is 1. The molecule has 3 saturated heterocycles. The number of nitrogen functional groups attached to an aromatic ring is 1. The largest absolute Gasteiger partial charge is 0.461 e. The maximum absolute atomic E-state index is 16.8. The van der Waals surface area contributed by atoms with Crippen LogP contribution in [-0.2, 0) is 6.18 Å². The maximum Gasteiger partial charge on any atom is 0.417 e. The Kier molecular flexibility index (Phi) is 7.45. The predicted molar refractivity (Wildman–Crippen MR) is 160 cm³/mol. The maximum atomic E-state index is 16.8. The van der Waals surface area contributed by atoms with Crippen LogP contribution in [0.15, 0.2) is 18.2 Å². The number of anilines is 2. The van der Waals surface area contributed by atoms with Gasteiger partial charge in [0, 0.05) is 42.4 Å². The number of fused-ring (bicyclic) bond motifs is 3. The van der Waals surface area contributed by atoms with Gasteiger partial charge in [0.15, 0.2) is 5.82 Å². The zero-order valence-electron chi connectivity index (χ0n) is 24.3. The zero-order chi connectivity index (χ0) is 32.5. The number of aliphatic hydroxyl groups excluding tert-OH is 1. The van der Waals surface area contributed by atoms with Crippen LogP contribution in [0.5, 0.6) is 6.01 Å². The molecular weight excluding hydrogens is 634 g/mol. The second-order valence-electron chi connectivity index (χ2n) is 12.2. The number of halogens is 6. The highest BCUT2D eigenvalue weighted by atomic mass is 32.1. The molecule has 0 saturated carbocycles. The molecule has 3 N–H and O–H groups in total. The van der Waals surface area contributed by atoms with E-state index < -0.39 is 52.3 Å². The Balaban J connectivity index is 1.45. The Morgan fingerprint density at radius 3 is 2.65 bits per heavy atom. The van der Waals surface area contributed by atoms with Crippen molar-refractivity contribution in [2.75, 3.05) is 43.4 Å². The van der Waals surface area contributed by atoms with Crippen LogP contribution < -0.4 is 15.4 Å².